The number of pyridine rings is 1. The van der Waals surface area contributed by atoms with Crippen LogP contribution in [0.5, 0.6) is 5.88 Å². The first-order valence-corrected chi connectivity index (χ1v) is 10.8. The van der Waals surface area contributed by atoms with Gasteiger partial charge in [0.2, 0.25) is 5.88 Å². The zero-order valence-electron chi connectivity index (χ0n) is 17.6. The molecule has 5 nitrogen and oxygen atoms in total. The average Bonchev–Trinajstić information content (AvgIpc) is 3.59. The largest absolute Gasteiger partial charge is 0.474 e. The summed E-state index contributed by atoms with van der Waals surface area (Å²) in [7, 11) is 0. The Hall–Kier alpha value is -3.09. The quantitative estimate of drug-likeness (QED) is 0.582. The van der Waals surface area contributed by atoms with Gasteiger partial charge in [0, 0.05) is 24.2 Å². The van der Waals surface area contributed by atoms with Crippen molar-refractivity contribution < 1.29 is 23.8 Å². The molecule has 0 spiro atoms. The lowest BCUT2D eigenvalue weighted by atomic mass is 9.73. The first kappa shape index (κ1) is 20.8. The van der Waals surface area contributed by atoms with E-state index in [9.17, 15) is 14.3 Å². The number of aromatic nitrogens is 1. The second-order valence-corrected chi connectivity index (χ2v) is 8.53. The monoisotopic (exact) mass is 433 g/mol. The van der Waals surface area contributed by atoms with E-state index in [-0.39, 0.29) is 30.7 Å². The SMILES string of the molecule is O=C(Cc1ccc(F)cc1)C1(c2ccc(-c3cnc(OC4CC4)cc3CO)cc2)COC1. The van der Waals surface area contributed by atoms with E-state index in [4.69, 9.17) is 9.47 Å². The fraction of sp³-hybridized carbons (Fsp3) is 0.308. The van der Waals surface area contributed by atoms with Crippen LogP contribution >= 0.6 is 0 Å². The van der Waals surface area contributed by atoms with Gasteiger partial charge in [-0.2, -0.15) is 0 Å². The highest BCUT2D eigenvalue weighted by Gasteiger charge is 2.46. The van der Waals surface area contributed by atoms with Crippen molar-refractivity contribution in [3.63, 3.8) is 0 Å². The number of rotatable bonds is 8. The van der Waals surface area contributed by atoms with Crippen molar-refractivity contribution in [3.8, 4) is 17.0 Å². The number of benzene rings is 2. The van der Waals surface area contributed by atoms with Crippen molar-refractivity contribution in [2.45, 2.75) is 37.4 Å². The normalized spacial score (nSPS) is 16.9. The molecule has 2 aliphatic rings. The van der Waals surface area contributed by atoms with Gasteiger partial charge in [-0.1, -0.05) is 36.4 Å². The number of Topliss-reactive ketones (excluding diaryl/α,β-unsaturated/α-hetero) is 1. The number of aliphatic hydroxyl groups is 1. The van der Waals surface area contributed by atoms with Crippen LogP contribution < -0.4 is 4.74 Å². The molecule has 32 heavy (non-hydrogen) atoms. The molecular weight excluding hydrogens is 409 g/mol. The number of ether oxygens (including phenoxy) is 2. The molecule has 0 radical (unpaired) electrons. The second-order valence-electron chi connectivity index (χ2n) is 8.53. The van der Waals surface area contributed by atoms with Crippen molar-refractivity contribution in [2.24, 2.45) is 0 Å². The minimum Gasteiger partial charge on any atom is -0.474 e. The Morgan fingerprint density at radius 1 is 1.12 bits per heavy atom. The Kier molecular flexibility index (Phi) is 5.49. The summed E-state index contributed by atoms with van der Waals surface area (Å²) in [6.45, 7) is 0.556. The molecule has 1 saturated heterocycles. The van der Waals surface area contributed by atoms with Crippen LogP contribution in [0.4, 0.5) is 4.39 Å². The fourth-order valence-electron chi connectivity index (χ4n) is 4.01. The standard InChI is InChI=1S/C26H24FNO4/c27-21-7-1-17(2-8-21)11-24(30)26(15-31-16-26)20-5-3-18(4-6-20)23-13-28-25(12-19(23)14-29)32-22-9-10-22/h1-8,12-13,22,29H,9-11,14-16H2. The summed E-state index contributed by atoms with van der Waals surface area (Å²) in [6, 6.07) is 15.6. The van der Waals surface area contributed by atoms with Crippen LogP contribution in [0.25, 0.3) is 11.1 Å². The highest BCUT2D eigenvalue weighted by Crippen LogP contribution is 2.36. The third-order valence-corrected chi connectivity index (χ3v) is 6.20. The molecule has 1 aromatic heterocycles. The Labute approximate surface area is 185 Å². The predicted octanol–water partition coefficient (Wildman–Crippen LogP) is 4.00. The van der Waals surface area contributed by atoms with Crippen molar-refractivity contribution in [2.75, 3.05) is 13.2 Å². The summed E-state index contributed by atoms with van der Waals surface area (Å²) in [5, 5.41) is 9.85. The number of hydrogen-bond acceptors (Lipinski definition) is 5. The Balaban J connectivity index is 1.37. The van der Waals surface area contributed by atoms with E-state index < -0.39 is 5.41 Å². The Morgan fingerprint density at radius 3 is 2.44 bits per heavy atom. The molecule has 164 valence electrons. The van der Waals surface area contributed by atoms with Crippen LogP contribution in [-0.4, -0.2) is 35.2 Å². The molecule has 0 unspecified atom stereocenters. The van der Waals surface area contributed by atoms with E-state index in [1.54, 1.807) is 24.4 Å². The van der Waals surface area contributed by atoms with Crippen LogP contribution in [0.15, 0.2) is 60.8 Å². The number of ketones is 1. The zero-order valence-corrected chi connectivity index (χ0v) is 17.6. The molecule has 1 aliphatic heterocycles. The molecule has 0 atom stereocenters. The van der Waals surface area contributed by atoms with Gasteiger partial charge in [-0.3, -0.25) is 4.79 Å². The molecule has 2 aromatic carbocycles. The number of aliphatic hydroxyl groups excluding tert-OH is 1. The Bertz CT molecular complexity index is 1120. The van der Waals surface area contributed by atoms with Crippen LogP contribution in [0.3, 0.4) is 0 Å². The van der Waals surface area contributed by atoms with E-state index in [2.05, 4.69) is 4.98 Å². The lowest BCUT2D eigenvalue weighted by Crippen LogP contribution is -2.53. The molecule has 2 fully saturated rings. The number of carbonyl (C=O) groups is 1. The van der Waals surface area contributed by atoms with E-state index in [1.807, 2.05) is 24.3 Å². The van der Waals surface area contributed by atoms with Crippen LogP contribution in [0.2, 0.25) is 0 Å². The summed E-state index contributed by atoms with van der Waals surface area (Å²) in [4.78, 5) is 17.5. The van der Waals surface area contributed by atoms with Gasteiger partial charge < -0.3 is 14.6 Å². The number of hydrogen-bond donors (Lipinski definition) is 1. The van der Waals surface area contributed by atoms with Gasteiger partial charge >= 0.3 is 0 Å². The van der Waals surface area contributed by atoms with Gasteiger partial charge in [0.25, 0.3) is 0 Å². The third-order valence-electron chi connectivity index (χ3n) is 6.20. The number of carbonyl (C=O) groups excluding carboxylic acids is 1. The second kappa shape index (κ2) is 8.45. The zero-order chi connectivity index (χ0) is 22.1. The van der Waals surface area contributed by atoms with E-state index in [1.165, 1.54) is 12.1 Å². The third kappa shape index (κ3) is 4.04. The van der Waals surface area contributed by atoms with E-state index in [0.717, 1.165) is 40.7 Å². The molecule has 2 heterocycles. The fourth-order valence-corrected chi connectivity index (χ4v) is 4.01. The van der Waals surface area contributed by atoms with Gasteiger partial charge in [0.15, 0.2) is 5.78 Å². The highest BCUT2D eigenvalue weighted by molar-refractivity contribution is 5.93. The lowest BCUT2D eigenvalue weighted by Gasteiger charge is -2.40. The predicted molar refractivity (Wildman–Crippen MR) is 117 cm³/mol. The first-order chi connectivity index (χ1) is 15.6. The maximum Gasteiger partial charge on any atom is 0.213 e. The smallest absolute Gasteiger partial charge is 0.213 e. The van der Waals surface area contributed by atoms with Crippen LogP contribution in [-0.2, 0) is 28.0 Å². The first-order valence-electron chi connectivity index (χ1n) is 10.8. The number of halogens is 1. The van der Waals surface area contributed by atoms with Gasteiger partial charge in [0.1, 0.15) is 17.3 Å². The molecule has 5 rings (SSSR count). The number of nitrogens with zero attached hydrogens (tertiary/aromatic N) is 1. The molecular formula is C26H24FNO4. The summed E-state index contributed by atoms with van der Waals surface area (Å²) in [5.41, 5.74) is 3.48. The molecule has 0 amide bonds. The van der Waals surface area contributed by atoms with E-state index >= 15 is 0 Å². The minimum atomic E-state index is -0.688. The minimum absolute atomic E-state index is 0.0578. The van der Waals surface area contributed by atoms with Crippen molar-refractivity contribution in [1.82, 2.24) is 4.98 Å². The van der Waals surface area contributed by atoms with Crippen LogP contribution in [0.1, 0.15) is 29.5 Å². The van der Waals surface area contributed by atoms with Gasteiger partial charge in [-0.15, -0.1) is 0 Å². The van der Waals surface area contributed by atoms with Crippen LogP contribution in [0, 0.1) is 5.82 Å². The summed E-state index contributed by atoms with van der Waals surface area (Å²) in [6.07, 6.45) is 4.29. The van der Waals surface area contributed by atoms with Gasteiger partial charge in [0.05, 0.1) is 19.8 Å². The highest BCUT2D eigenvalue weighted by atomic mass is 19.1. The maximum absolute atomic E-state index is 13.2. The molecule has 1 aliphatic carbocycles. The van der Waals surface area contributed by atoms with Crippen molar-refractivity contribution in [1.29, 1.82) is 0 Å². The summed E-state index contributed by atoms with van der Waals surface area (Å²) >= 11 is 0. The summed E-state index contributed by atoms with van der Waals surface area (Å²) < 4.78 is 24.3. The van der Waals surface area contributed by atoms with E-state index in [0.29, 0.717) is 19.1 Å². The van der Waals surface area contributed by atoms with Crippen molar-refractivity contribution >= 4 is 5.78 Å². The molecule has 1 saturated carbocycles. The molecule has 3 aromatic rings. The van der Waals surface area contributed by atoms with Gasteiger partial charge in [-0.05, 0) is 47.2 Å². The lowest BCUT2D eigenvalue weighted by molar-refractivity contribution is -0.142. The molecule has 6 heteroatoms. The molecule has 1 N–H and O–H groups in total. The topological polar surface area (TPSA) is 68.7 Å². The summed E-state index contributed by atoms with van der Waals surface area (Å²) in [5.74, 6) is 0.277. The maximum atomic E-state index is 13.2. The van der Waals surface area contributed by atoms with Gasteiger partial charge in [-0.25, -0.2) is 9.37 Å². The molecule has 0 bridgehead atoms. The average molecular weight is 433 g/mol. The van der Waals surface area contributed by atoms with Crippen molar-refractivity contribution in [3.05, 3.63) is 83.3 Å². The Morgan fingerprint density at radius 2 is 1.84 bits per heavy atom.